The fourth-order valence-corrected chi connectivity index (χ4v) is 2.91. The topological polar surface area (TPSA) is 75.1 Å². The zero-order chi connectivity index (χ0) is 15.7. The average molecular weight is 308 g/mol. The lowest BCUT2D eigenvalue weighted by Crippen LogP contribution is -2.35. The van der Waals surface area contributed by atoms with Gasteiger partial charge < -0.3 is 4.90 Å². The molecule has 1 aromatic heterocycles. The first-order chi connectivity index (χ1) is 10.6. The van der Waals surface area contributed by atoms with Gasteiger partial charge in [0.25, 0.3) is 5.69 Å². The molecule has 0 amide bonds. The van der Waals surface area contributed by atoms with Crippen molar-refractivity contribution in [1.82, 2.24) is 10.2 Å². The molecular weight excluding hydrogens is 294 g/mol. The normalized spacial score (nSPS) is 18.5. The van der Waals surface area contributed by atoms with E-state index >= 15 is 0 Å². The van der Waals surface area contributed by atoms with Crippen molar-refractivity contribution in [3.8, 4) is 0 Å². The van der Waals surface area contributed by atoms with Crippen molar-refractivity contribution in [3.63, 3.8) is 0 Å². The lowest BCUT2D eigenvalue weighted by atomic mass is 9.98. The van der Waals surface area contributed by atoms with E-state index in [9.17, 15) is 18.9 Å². The summed E-state index contributed by atoms with van der Waals surface area (Å²) in [4.78, 5) is 11.5. The van der Waals surface area contributed by atoms with Crippen LogP contribution in [0, 0.1) is 21.7 Å². The second-order valence-electron chi connectivity index (χ2n) is 5.23. The SMILES string of the molecule is O=[N+]([O-])c1cc(F)c(N2CCCC[C@@H]2c2ccn[nH]2)c(F)c1. The molecule has 1 aliphatic rings. The number of hydrogen-bond donors (Lipinski definition) is 1. The molecule has 3 rings (SSSR count). The first-order valence-electron chi connectivity index (χ1n) is 6.97. The van der Waals surface area contributed by atoms with E-state index in [1.807, 2.05) is 0 Å². The third-order valence-corrected chi connectivity index (χ3v) is 3.88. The minimum Gasteiger partial charge on any atom is -0.358 e. The summed E-state index contributed by atoms with van der Waals surface area (Å²) in [6.07, 6.45) is 4.07. The van der Waals surface area contributed by atoms with E-state index in [-0.39, 0.29) is 11.7 Å². The quantitative estimate of drug-likeness (QED) is 0.697. The summed E-state index contributed by atoms with van der Waals surface area (Å²) in [5.41, 5.74) is -0.0318. The number of aromatic amines is 1. The van der Waals surface area contributed by atoms with Crippen LogP contribution in [0.4, 0.5) is 20.2 Å². The first kappa shape index (κ1) is 14.4. The predicted octanol–water partition coefficient (Wildman–Crippen LogP) is 3.33. The number of nitro benzene ring substituents is 1. The average Bonchev–Trinajstić information content (AvgIpc) is 3.01. The predicted molar refractivity (Wildman–Crippen MR) is 75.5 cm³/mol. The van der Waals surface area contributed by atoms with Gasteiger partial charge in [-0.15, -0.1) is 0 Å². The van der Waals surface area contributed by atoms with Crippen molar-refractivity contribution in [2.75, 3.05) is 11.4 Å². The number of benzene rings is 1. The van der Waals surface area contributed by atoms with Crippen molar-refractivity contribution in [1.29, 1.82) is 0 Å². The molecule has 22 heavy (non-hydrogen) atoms. The van der Waals surface area contributed by atoms with Crippen LogP contribution in [0.15, 0.2) is 24.4 Å². The zero-order valence-corrected chi connectivity index (χ0v) is 11.6. The second kappa shape index (κ2) is 5.70. The van der Waals surface area contributed by atoms with Gasteiger partial charge in [0.15, 0.2) is 11.6 Å². The monoisotopic (exact) mass is 308 g/mol. The number of nitro groups is 1. The Morgan fingerprint density at radius 1 is 1.32 bits per heavy atom. The highest BCUT2D eigenvalue weighted by atomic mass is 19.1. The van der Waals surface area contributed by atoms with Crippen molar-refractivity contribution < 1.29 is 13.7 Å². The molecule has 1 saturated heterocycles. The Hall–Kier alpha value is -2.51. The number of nitrogens with one attached hydrogen (secondary N) is 1. The highest BCUT2D eigenvalue weighted by molar-refractivity contribution is 5.55. The summed E-state index contributed by atoms with van der Waals surface area (Å²) in [6, 6.07) is 3.07. The van der Waals surface area contributed by atoms with Crippen molar-refractivity contribution in [2.45, 2.75) is 25.3 Å². The smallest absolute Gasteiger partial charge is 0.275 e. The molecule has 8 heteroatoms. The number of nitrogens with zero attached hydrogens (tertiary/aromatic N) is 3. The summed E-state index contributed by atoms with van der Waals surface area (Å²) in [5.74, 6) is -1.84. The Labute approximate surface area is 124 Å². The summed E-state index contributed by atoms with van der Waals surface area (Å²) in [5, 5.41) is 17.4. The van der Waals surface area contributed by atoms with Gasteiger partial charge in [0.05, 0.1) is 28.8 Å². The Kier molecular flexibility index (Phi) is 3.74. The number of aromatic nitrogens is 2. The highest BCUT2D eigenvalue weighted by Gasteiger charge is 2.30. The molecule has 1 N–H and O–H groups in total. The second-order valence-corrected chi connectivity index (χ2v) is 5.23. The Bertz CT molecular complexity index is 667. The molecular formula is C14H14F2N4O2. The maximum Gasteiger partial charge on any atom is 0.275 e. The maximum absolute atomic E-state index is 14.3. The Morgan fingerprint density at radius 2 is 2.05 bits per heavy atom. The Morgan fingerprint density at radius 3 is 2.64 bits per heavy atom. The van der Waals surface area contributed by atoms with Crippen LogP contribution in [0.25, 0.3) is 0 Å². The van der Waals surface area contributed by atoms with Crippen LogP contribution in [-0.4, -0.2) is 21.7 Å². The number of rotatable bonds is 3. The summed E-state index contributed by atoms with van der Waals surface area (Å²) >= 11 is 0. The molecule has 0 bridgehead atoms. The van der Waals surface area contributed by atoms with Gasteiger partial charge in [-0.05, 0) is 25.3 Å². The largest absolute Gasteiger partial charge is 0.358 e. The van der Waals surface area contributed by atoms with Gasteiger partial charge in [0.2, 0.25) is 0 Å². The number of anilines is 1. The summed E-state index contributed by atoms with van der Waals surface area (Å²) in [7, 11) is 0. The number of piperidine rings is 1. The molecule has 0 saturated carbocycles. The standard InChI is InChI=1S/C14H14F2N4O2/c15-10-7-9(20(21)22)8-11(16)14(10)19-6-2-1-3-13(19)12-4-5-17-18-12/h4-5,7-8,13H,1-3,6H2,(H,17,18)/t13-/m1/s1. The van der Waals surface area contributed by atoms with Gasteiger partial charge in [0, 0.05) is 12.7 Å². The molecule has 2 heterocycles. The molecule has 6 nitrogen and oxygen atoms in total. The van der Waals surface area contributed by atoms with E-state index in [4.69, 9.17) is 0 Å². The molecule has 0 radical (unpaired) electrons. The number of H-pyrrole nitrogens is 1. The lowest BCUT2D eigenvalue weighted by molar-refractivity contribution is -0.385. The van der Waals surface area contributed by atoms with Crippen LogP contribution >= 0.6 is 0 Å². The van der Waals surface area contributed by atoms with Crippen LogP contribution < -0.4 is 4.90 Å². The van der Waals surface area contributed by atoms with Gasteiger partial charge in [-0.3, -0.25) is 15.2 Å². The summed E-state index contributed by atoms with van der Waals surface area (Å²) < 4.78 is 28.5. The van der Waals surface area contributed by atoms with Crippen LogP contribution in [0.1, 0.15) is 31.0 Å². The number of non-ortho nitro benzene ring substituents is 1. The fraction of sp³-hybridized carbons (Fsp3) is 0.357. The van der Waals surface area contributed by atoms with Crippen LogP contribution in [0.2, 0.25) is 0 Å². The van der Waals surface area contributed by atoms with E-state index in [0.717, 1.165) is 37.1 Å². The van der Waals surface area contributed by atoms with E-state index < -0.39 is 22.2 Å². The van der Waals surface area contributed by atoms with Gasteiger partial charge >= 0.3 is 0 Å². The minimum absolute atomic E-state index is 0.218. The fourth-order valence-electron chi connectivity index (χ4n) is 2.91. The van der Waals surface area contributed by atoms with Crippen molar-refractivity contribution >= 4 is 11.4 Å². The van der Waals surface area contributed by atoms with E-state index in [1.54, 1.807) is 17.2 Å². The lowest BCUT2D eigenvalue weighted by Gasteiger charge is -2.37. The highest BCUT2D eigenvalue weighted by Crippen LogP contribution is 2.38. The van der Waals surface area contributed by atoms with Crippen LogP contribution in [-0.2, 0) is 0 Å². The molecule has 2 aromatic rings. The molecule has 0 unspecified atom stereocenters. The molecule has 0 spiro atoms. The van der Waals surface area contributed by atoms with Crippen LogP contribution in [0.3, 0.4) is 0 Å². The third-order valence-electron chi connectivity index (χ3n) is 3.88. The van der Waals surface area contributed by atoms with Gasteiger partial charge in [-0.1, -0.05) is 0 Å². The van der Waals surface area contributed by atoms with Gasteiger partial charge in [-0.25, -0.2) is 8.78 Å². The molecule has 0 aliphatic carbocycles. The molecule has 1 atom stereocenters. The molecule has 1 aromatic carbocycles. The van der Waals surface area contributed by atoms with E-state index in [1.165, 1.54) is 0 Å². The zero-order valence-electron chi connectivity index (χ0n) is 11.6. The minimum atomic E-state index is -0.918. The molecule has 1 aliphatic heterocycles. The third kappa shape index (κ3) is 2.51. The molecule has 116 valence electrons. The van der Waals surface area contributed by atoms with Crippen LogP contribution in [0.5, 0.6) is 0 Å². The summed E-state index contributed by atoms with van der Waals surface area (Å²) in [6.45, 7) is 0.481. The number of halogens is 2. The van der Waals surface area contributed by atoms with Crippen molar-refractivity contribution in [2.24, 2.45) is 0 Å². The first-order valence-corrected chi connectivity index (χ1v) is 6.97. The van der Waals surface area contributed by atoms with E-state index in [0.29, 0.717) is 6.54 Å². The Balaban J connectivity index is 2.03. The molecule has 1 fully saturated rings. The van der Waals surface area contributed by atoms with E-state index in [2.05, 4.69) is 10.2 Å². The van der Waals surface area contributed by atoms with Gasteiger partial charge in [0.1, 0.15) is 5.69 Å². The van der Waals surface area contributed by atoms with Crippen molar-refractivity contribution in [3.05, 3.63) is 51.8 Å². The maximum atomic E-state index is 14.3. The number of hydrogen-bond acceptors (Lipinski definition) is 4. The van der Waals surface area contributed by atoms with Gasteiger partial charge in [-0.2, -0.15) is 5.10 Å².